The van der Waals surface area contributed by atoms with Crippen molar-refractivity contribution in [2.24, 2.45) is 11.7 Å². The van der Waals surface area contributed by atoms with Crippen LogP contribution in [-0.2, 0) is 13.0 Å². The van der Waals surface area contributed by atoms with E-state index in [2.05, 4.69) is 36.6 Å². The van der Waals surface area contributed by atoms with Gasteiger partial charge >= 0.3 is 0 Å². The minimum Gasteiger partial charge on any atom is -0.330 e. The average Bonchev–Trinajstić information content (AvgIpc) is 2.68. The van der Waals surface area contributed by atoms with Gasteiger partial charge in [-0.1, -0.05) is 26.0 Å². The zero-order chi connectivity index (χ0) is 12.3. The van der Waals surface area contributed by atoms with E-state index >= 15 is 0 Å². The van der Waals surface area contributed by atoms with Gasteiger partial charge < -0.3 is 10.3 Å². The molecule has 1 unspecified atom stereocenters. The van der Waals surface area contributed by atoms with Crippen LogP contribution in [0.4, 0.5) is 0 Å². The summed E-state index contributed by atoms with van der Waals surface area (Å²) in [6.45, 7) is 6.13. The molecular formula is C14H21N3. The van der Waals surface area contributed by atoms with Crippen molar-refractivity contribution in [3.8, 4) is 0 Å². The SMILES string of the molecule is CCCn1c(CC(C)CN)nc2ccccc21. The lowest BCUT2D eigenvalue weighted by atomic mass is 10.1. The number of nitrogens with zero attached hydrogens (tertiary/aromatic N) is 2. The molecule has 1 atom stereocenters. The Labute approximate surface area is 103 Å². The van der Waals surface area contributed by atoms with Gasteiger partial charge in [-0.15, -0.1) is 0 Å². The molecule has 0 fully saturated rings. The summed E-state index contributed by atoms with van der Waals surface area (Å²) in [6.07, 6.45) is 2.09. The molecule has 0 aliphatic heterocycles. The van der Waals surface area contributed by atoms with E-state index in [9.17, 15) is 0 Å². The molecule has 1 aromatic carbocycles. The fraction of sp³-hybridized carbons (Fsp3) is 0.500. The molecule has 0 spiro atoms. The minimum atomic E-state index is 0.488. The van der Waals surface area contributed by atoms with Gasteiger partial charge in [0.15, 0.2) is 0 Å². The standard InChI is InChI=1S/C14H21N3/c1-3-8-17-13-7-5-4-6-12(13)16-14(17)9-11(2)10-15/h4-7,11H,3,8-10,15H2,1-2H3. The number of para-hydroxylation sites is 2. The number of rotatable bonds is 5. The van der Waals surface area contributed by atoms with E-state index in [0.717, 1.165) is 31.4 Å². The fourth-order valence-corrected chi connectivity index (χ4v) is 2.15. The third kappa shape index (κ3) is 2.50. The molecule has 3 nitrogen and oxygen atoms in total. The van der Waals surface area contributed by atoms with Crippen molar-refractivity contribution in [3.63, 3.8) is 0 Å². The van der Waals surface area contributed by atoms with E-state index in [1.54, 1.807) is 0 Å². The van der Waals surface area contributed by atoms with E-state index in [1.165, 1.54) is 11.3 Å². The second-order valence-corrected chi connectivity index (χ2v) is 4.71. The van der Waals surface area contributed by atoms with Crippen LogP contribution < -0.4 is 5.73 Å². The van der Waals surface area contributed by atoms with Gasteiger partial charge in [-0.3, -0.25) is 0 Å². The Morgan fingerprint density at radius 1 is 1.35 bits per heavy atom. The van der Waals surface area contributed by atoms with Gasteiger partial charge in [-0.25, -0.2) is 4.98 Å². The zero-order valence-corrected chi connectivity index (χ0v) is 10.7. The Balaban J connectivity index is 2.42. The minimum absolute atomic E-state index is 0.488. The van der Waals surface area contributed by atoms with E-state index in [4.69, 9.17) is 10.7 Å². The van der Waals surface area contributed by atoms with E-state index < -0.39 is 0 Å². The fourth-order valence-electron chi connectivity index (χ4n) is 2.15. The molecule has 2 N–H and O–H groups in total. The Morgan fingerprint density at radius 2 is 2.12 bits per heavy atom. The number of aromatic nitrogens is 2. The number of fused-ring (bicyclic) bond motifs is 1. The van der Waals surface area contributed by atoms with Gasteiger partial charge in [0, 0.05) is 13.0 Å². The molecule has 17 heavy (non-hydrogen) atoms. The van der Waals surface area contributed by atoms with Crippen molar-refractivity contribution in [3.05, 3.63) is 30.1 Å². The molecule has 3 heteroatoms. The molecule has 0 saturated heterocycles. The van der Waals surface area contributed by atoms with Gasteiger partial charge in [0.25, 0.3) is 0 Å². The first kappa shape index (κ1) is 12.1. The van der Waals surface area contributed by atoms with Gasteiger partial charge in [0.05, 0.1) is 11.0 Å². The topological polar surface area (TPSA) is 43.8 Å². The second-order valence-electron chi connectivity index (χ2n) is 4.71. The van der Waals surface area contributed by atoms with E-state index in [0.29, 0.717) is 5.92 Å². The van der Waals surface area contributed by atoms with Crippen molar-refractivity contribution in [2.45, 2.75) is 33.2 Å². The summed E-state index contributed by atoms with van der Waals surface area (Å²) in [7, 11) is 0. The van der Waals surface area contributed by atoms with Crippen LogP contribution in [0.15, 0.2) is 24.3 Å². The van der Waals surface area contributed by atoms with Crippen LogP contribution in [-0.4, -0.2) is 16.1 Å². The normalized spacial score (nSPS) is 13.1. The maximum atomic E-state index is 5.70. The van der Waals surface area contributed by atoms with Crippen molar-refractivity contribution in [1.82, 2.24) is 9.55 Å². The Kier molecular flexibility index (Phi) is 3.79. The highest BCUT2D eigenvalue weighted by Crippen LogP contribution is 2.18. The summed E-state index contributed by atoms with van der Waals surface area (Å²) in [5.74, 6) is 1.66. The summed E-state index contributed by atoms with van der Waals surface area (Å²) in [5.41, 5.74) is 8.04. The number of hydrogen-bond acceptors (Lipinski definition) is 2. The van der Waals surface area contributed by atoms with Crippen molar-refractivity contribution >= 4 is 11.0 Å². The van der Waals surface area contributed by atoms with Crippen LogP contribution >= 0.6 is 0 Å². The largest absolute Gasteiger partial charge is 0.330 e. The molecular weight excluding hydrogens is 210 g/mol. The Hall–Kier alpha value is -1.35. The van der Waals surface area contributed by atoms with Crippen molar-refractivity contribution in [1.29, 1.82) is 0 Å². The third-order valence-electron chi connectivity index (χ3n) is 3.11. The number of benzene rings is 1. The molecule has 0 amide bonds. The number of nitrogens with two attached hydrogens (primary N) is 1. The quantitative estimate of drug-likeness (QED) is 0.859. The molecule has 2 rings (SSSR count). The number of hydrogen-bond donors (Lipinski definition) is 1. The summed E-state index contributed by atoms with van der Waals surface area (Å²) in [4.78, 5) is 4.73. The zero-order valence-electron chi connectivity index (χ0n) is 10.7. The van der Waals surface area contributed by atoms with Crippen LogP contribution in [0.3, 0.4) is 0 Å². The molecule has 0 bridgehead atoms. The smallest absolute Gasteiger partial charge is 0.110 e. The summed E-state index contributed by atoms with van der Waals surface area (Å²) in [5, 5.41) is 0. The van der Waals surface area contributed by atoms with Crippen molar-refractivity contribution in [2.75, 3.05) is 6.54 Å². The molecule has 2 aromatic rings. The molecule has 0 aliphatic carbocycles. The highest BCUT2D eigenvalue weighted by Gasteiger charge is 2.11. The van der Waals surface area contributed by atoms with Gasteiger partial charge in [0.2, 0.25) is 0 Å². The second kappa shape index (κ2) is 5.32. The predicted molar refractivity (Wildman–Crippen MR) is 71.9 cm³/mol. The van der Waals surface area contributed by atoms with Crippen LogP contribution in [0.25, 0.3) is 11.0 Å². The summed E-state index contributed by atoms with van der Waals surface area (Å²) in [6, 6.07) is 8.35. The maximum absolute atomic E-state index is 5.70. The molecule has 0 saturated carbocycles. The number of imidazole rings is 1. The average molecular weight is 231 g/mol. The van der Waals surface area contributed by atoms with Crippen LogP contribution in [0.5, 0.6) is 0 Å². The van der Waals surface area contributed by atoms with Crippen LogP contribution in [0.2, 0.25) is 0 Å². The third-order valence-corrected chi connectivity index (χ3v) is 3.11. The highest BCUT2D eigenvalue weighted by molar-refractivity contribution is 5.75. The highest BCUT2D eigenvalue weighted by atomic mass is 15.1. The predicted octanol–water partition coefficient (Wildman–Crippen LogP) is 2.58. The molecule has 0 radical (unpaired) electrons. The molecule has 1 heterocycles. The molecule has 92 valence electrons. The lowest BCUT2D eigenvalue weighted by Crippen LogP contribution is -2.16. The first-order valence-electron chi connectivity index (χ1n) is 6.40. The van der Waals surface area contributed by atoms with E-state index in [1.807, 2.05) is 6.07 Å². The number of aryl methyl sites for hydroxylation is 1. The van der Waals surface area contributed by atoms with Crippen LogP contribution in [0, 0.1) is 5.92 Å². The Bertz CT molecular complexity index is 487. The molecule has 1 aromatic heterocycles. The van der Waals surface area contributed by atoms with Gasteiger partial charge in [0.1, 0.15) is 5.82 Å². The van der Waals surface area contributed by atoms with Gasteiger partial charge in [-0.05, 0) is 31.0 Å². The Morgan fingerprint density at radius 3 is 2.82 bits per heavy atom. The monoisotopic (exact) mass is 231 g/mol. The molecule has 0 aliphatic rings. The van der Waals surface area contributed by atoms with Crippen LogP contribution in [0.1, 0.15) is 26.1 Å². The summed E-state index contributed by atoms with van der Waals surface area (Å²) >= 11 is 0. The lowest BCUT2D eigenvalue weighted by Gasteiger charge is -2.11. The summed E-state index contributed by atoms with van der Waals surface area (Å²) < 4.78 is 2.33. The van der Waals surface area contributed by atoms with Crippen molar-refractivity contribution < 1.29 is 0 Å². The van der Waals surface area contributed by atoms with Gasteiger partial charge in [-0.2, -0.15) is 0 Å². The lowest BCUT2D eigenvalue weighted by molar-refractivity contribution is 0.544. The van der Waals surface area contributed by atoms with E-state index in [-0.39, 0.29) is 0 Å². The first-order chi connectivity index (χ1) is 8.26. The maximum Gasteiger partial charge on any atom is 0.110 e. The first-order valence-corrected chi connectivity index (χ1v) is 6.40.